The maximum Gasteiger partial charge on any atom is 0.321 e. The minimum absolute atomic E-state index is 0.0436. The number of hydrogen-bond donors (Lipinski definition) is 1. The number of amides is 2. The molecule has 0 spiro atoms. The van der Waals surface area contributed by atoms with E-state index in [0.29, 0.717) is 13.1 Å². The van der Waals surface area contributed by atoms with Crippen molar-refractivity contribution in [3.63, 3.8) is 0 Å². The molecule has 0 bridgehead atoms. The average Bonchev–Trinajstić information content (AvgIpc) is 2.68. The number of benzene rings is 2. The third-order valence-electron chi connectivity index (χ3n) is 4.78. The molecule has 2 aromatic rings. The second-order valence-corrected chi connectivity index (χ2v) is 7.51. The Morgan fingerprint density at radius 2 is 1.57 bits per heavy atom. The van der Waals surface area contributed by atoms with Crippen LogP contribution >= 0.6 is 0 Å². The molecule has 1 heterocycles. The second-order valence-electron chi connectivity index (χ2n) is 7.51. The van der Waals surface area contributed by atoms with Gasteiger partial charge in [0.15, 0.2) is 0 Å². The Morgan fingerprint density at radius 1 is 0.964 bits per heavy atom. The molecule has 2 aromatic carbocycles. The smallest absolute Gasteiger partial charge is 0.321 e. The van der Waals surface area contributed by atoms with E-state index >= 15 is 0 Å². The van der Waals surface area contributed by atoms with E-state index in [4.69, 9.17) is 4.74 Å². The summed E-state index contributed by atoms with van der Waals surface area (Å²) in [6.45, 7) is 7.08. The van der Waals surface area contributed by atoms with E-state index in [0.717, 1.165) is 35.9 Å². The molecule has 1 aliphatic heterocycles. The lowest BCUT2D eigenvalue weighted by atomic mass is 10.2. The topological polar surface area (TPSA) is 48.1 Å². The summed E-state index contributed by atoms with van der Waals surface area (Å²) in [5.74, 6) is 0.886. The zero-order chi connectivity index (χ0) is 20.1. The highest BCUT2D eigenvalue weighted by Gasteiger charge is 2.21. The lowest BCUT2D eigenvalue weighted by molar-refractivity contribution is 0.208. The highest BCUT2D eigenvalue weighted by molar-refractivity contribution is 5.89. The summed E-state index contributed by atoms with van der Waals surface area (Å²) < 4.78 is 5.70. The highest BCUT2D eigenvalue weighted by Crippen LogP contribution is 2.22. The summed E-state index contributed by atoms with van der Waals surface area (Å²) in [5, 5.41) is 2.99. The first kappa shape index (κ1) is 19.9. The molecule has 0 aromatic heterocycles. The van der Waals surface area contributed by atoms with Gasteiger partial charge in [-0.1, -0.05) is 0 Å². The normalized spacial score (nSPS) is 14.2. The Morgan fingerprint density at radius 3 is 2.11 bits per heavy atom. The van der Waals surface area contributed by atoms with Crippen LogP contribution < -0.4 is 19.9 Å². The number of carbonyl (C=O) groups is 1. The van der Waals surface area contributed by atoms with Crippen LogP contribution in [0.5, 0.6) is 5.75 Å². The molecule has 6 nitrogen and oxygen atoms in total. The zero-order valence-corrected chi connectivity index (χ0v) is 17.2. The zero-order valence-electron chi connectivity index (χ0n) is 17.2. The molecule has 6 heteroatoms. The van der Waals surface area contributed by atoms with Crippen molar-refractivity contribution in [1.29, 1.82) is 0 Å². The molecule has 2 amide bonds. The number of nitrogens with zero attached hydrogens (tertiary/aromatic N) is 3. The van der Waals surface area contributed by atoms with Crippen LogP contribution in [0, 0.1) is 0 Å². The van der Waals surface area contributed by atoms with E-state index in [1.807, 2.05) is 74.1 Å². The van der Waals surface area contributed by atoms with Crippen LogP contribution in [0.2, 0.25) is 0 Å². The summed E-state index contributed by atoms with van der Waals surface area (Å²) in [6.07, 6.45) is 0.173. The molecule has 28 heavy (non-hydrogen) atoms. The van der Waals surface area contributed by atoms with Crippen LogP contribution in [0.3, 0.4) is 0 Å². The molecule has 0 aliphatic carbocycles. The fourth-order valence-corrected chi connectivity index (χ4v) is 3.22. The van der Waals surface area contributed by atoms with E-state index in [1.165, 1.54) is 0 Å². The maximum absolute atomic E-state index is 12.5. The van der Waals surface area contributed by atoms with Gasteiger partial charge in [-0.25, -0.2) is 4.79 Å². The summed E-state index contributed by atoms with van der Waals surface area (Å²) in [6, 6.07) is 16.0. The van der Waals surface area contributed by atoms with Gasteiger partial charge in [0.25, 0.3) is 0 Å². The summed E-state index contributed by atoms with van der Waals surface area (Å²) >= 11 is 0. The number of carbonyl (C=O) groups excluding carboxylic acids is 1. The molecule has 150 valence electrons. The van der Waals surface area contributed by atoms with Gasteiger partial charge in [0.1, 0.15) is 5.75 Å². The highest BCUT2D eigenvalue weighted by atomic mass is 16.5. The van der Waals surface area contributed by atoms with Gasteiger partial charge < -0.3 is 24.8 Å². The summed E-state index contributed by atoms with van der Waals surface area (Å²) in [5.41, 5.74) is 3.09. The summed E-state index contributed by atoms with van der Waals surface area (Å²) in [7, 11) is 4.00. The van der Waals surface area contributed by atoms with Gasteiger partial charge in [-0.3, -0.25) is 0 Å². The van der Waals surface area contributed by atoms with Crippen LogP contribution in [-0.4, -0.2) is 57.3 Å². The number of rotatable bonds is 5. The van der Waals surface area contributed by atoms with E-state index < -0.39 is 0 Å². The van der Waals surface area contributed by atoms with Crippen molar-refractivity contribution in [1.82, 2.24) is 4.90 Å². The van der Waals surface area contributed by atoms with Gasteiger partial charge in [0, 0.05) is 57.3 Å². The average molecular weight is 383 g/mol. The third-order valence-corrected chi connectivity index (χ3v) is 4.78. The minimum Gasteiger partial charge on any atom is -0.491 e. The van der Waals surface area contributed by atoms with E-state index in [9.17, 15) is 4.79 Å². The molecule has 0 atom stereocenters. The maximum atomic E-state index is 12.5. The molecule has 1 fully saturated rings. The molecular weight excluding hydrogens is 352 g/mol. The van der Waals surface area contributed by atoms with Crippen molar-refractivity contribution in [2.24, 2.45) is 0 Å². The number of hydrogen-bond acceptors (Lipinski definition) is 4. The largest absolute Gasteiger partial charge is 0.491 e. The van der Waals surface area contributed by atoms with Crippen molar-refractivity contribution in [2.75, 3.05) is 55.4 Å². The van der Waals surface area contributed by atoms with Crippen LogP contribution in [0.1, 0.15) is 13.8 Å². The first-order chi connectivity index (χ1) is 13.4. The van der Waals surface area contributed by atoms with Crippen LogP contribution in [-0.2, 0) is 0 Å². The van der Waals surface area contributed by atoms with Crippen LogP contribution in [0.4, 0.5) is 21.9 Å². The molecule has 3 rings (SSSR count). The molecule has 1 saturated heterocycles. The monoisotopic (exact) mass is 382 g/mol. The van der Waals surface area contributed by atoms with Crippen molar-refractivity contribution < 1.29 is 9.53 Å². The Bertz CT molecular complexity index is 764. The first-order valence-corrected chi connectivity index (χ1v) is 9.77. The number of ether oxygens (including phenoxy) is 1. The lowest BCUT2D eigenvalue weighted by Crippen LogP contribution is -2.50. The quantitative estimate of drug-likeness (QED) is 0.852. The standard InChI is InChI=1S/C22H30N4O2/c1-17(2)28-21-11-9-20(10-12-21)25-13-15-26(16-14-25)22(27)23-18-5-7-19(8-6-18)24(3)4/h5-12,17H,13-16H2,1-4H3,(H,23,27). The van der Waals surface area contributed by atoms with Gasteiger partial charge in [0.05, 0.1) is 6.10 Å². The fraction of sp³-hybridized carbons (Fsp3) is 0.409. The van der Waals surface area contributed by atoms with Gasteiger partial charge in [-0.05, 0) is 62.4 Å². The number of urea groups is 1. The van der Waals surface area contributed by atoms with Crippen LogP contribution in [0.25, 0.3) is 0 Å². The van der Waals surface area contributed by atoms with Gasteiger partial charge in [-0.2, -0.15) is 0 Å². The Labute approximate surface area is 167 Å². The van der Waals surface area contributed by atoms with Crippen molar-refractivity contribution >= 4 is 23.1 Å². The molecule has 0 radical (unpaired) electrons. The van der Waals surface area contributed by atoms with Crippen molar-refractivity contribution in [2.45, 2.75) is 20.0 Å². The van der Waals surface area contributed by atoms with E-state index in [2.05, 4.69) is 22.3 Å². The number of anilines is 3. The molecule has 0 unspecified atom stereocenters. The first-order valence-electron chi connectivity index (χ1n) is 9.77. The molecular formula is C22H30N4O2. The molecule has 1 aliphatic rings. The van der Waals surface area contributed by atoms with Gasteiger partial charge in [0.2, 0.25) is 0 Å². The third kappa shape index (κ3) is 5.09. The Balaban J connectivity index is 1.51. The minimum atomic E-state index is -0.0436. The SMILES string of the molecule is CC(C)Oc1ccc(N2CCN(C(=O)Nc3ccc(N(C)C)cc3)CC2)cc1. The second kappa shape index (κ2) is 8.87. The summed E-state index contributed by atoms with van der Waals surface area (Å²) in [4.78, 5) is 18.7. The van der Waals surface area contributed by atoms with Gasteiger partial charge in [-0.15, -0.1) is 0 Å². The van der Waals surface area contributed by atoms with Crippen LogP contribution in [0.15, 0.2) is 48.5 Å². The van der Waals surface area contributed by atoms with E-state index in [1.54, 1.807) is 0 Å². The predicted molar refractivity (Wildman–Crippen MR) is 116 cm³/mol. The van der Waals surface area contributed by atoms with Crippen molar-refractivity contribution in [3.8, 4) is 5.75 Å². The van der Waals surface area contributed by atoms with E-state index in [-0.39, 0.29) is 12.1 Å². The van der Waals surface area contributed by atoms with Gasteiger partial charge >= 0.3 is 6.03 Å². The fourth-order valence-electron chi connectivity index (χ4n) is 3.22. The number of nitrogens with one attached hydrogen (secondary N) is 1. The Kier molecular flexibility index (Phi) is 6.29. The molecule has 0 saturated carbocycles. The Hall–Kier alpha value is -2.89. The molecule has 1 N–H and O–H groups in total. The number of piperazine rings is 1. The van der Waals surface area contributed by atoms with Crippen molar-refractivity contribution in [3.05, 3.63) is 48.5 Å². The lowest BCUT2D eigenvalue weighted by Gasteiger charge is -2.36. The predicted octanol–water partition coefficient (Wildman–Crippen LogP) is 3.89.